The molecule has 0 fully saturated rings. The number of aromatic nitrogens is 4. The highest BCUT2D eigenvalue weighted by atomic mass is 32.2. The maximum Gasteiger partial charge on any atom is 0.264 e. The summed E-state index contributed by atoms with van der Waals surface area (Å²) in [6.07, 6.45) is 3.10. The molecule has 4 rings (SSSR count). The molecule has 2 aromatic heterocycles. The van der Waals surface area contributed by atoms with E-state index in [1.54, 1.807) is 33.5 Å². The molecule has 0 bridgehead atoms. The van der Waals surface area contributed by atoms with Crippen LogP contribution in [0.5, 0.6) is 0 Å². The topological polar surface area (TPSA) is 81.8 Å². The zero-order valence-electron chi connectivity index (χ0n) is 18.1. The van der Waals surface area contributed by atoms with Gasteiger partial charge in [0.15, 0.2) is 5.65 Å². The number of fused-ring (bicyclic) bond motifs is 1. The van der Waals surface area contributed by atoms with E-state index >= 15 is 0 Å². The summed E-state index contributed by atoms with van der Waals surface area (Å²) in [5, 5.41) is 7.73. The average molecular weight is 448 g/mol. The molecule has 7 nitrogen and oxygen atoms in total. The lowest BCUT2D eigenvalue weighted by atomic mass is 10.1. The summed E-state index contributed by atoms with van der Waals surface area (Å²) in [4.78, 5) is 30.9. The molecule has 0 radical (unpaired) electrons. The van der Waals surface area contributed by atoms with Gasteiger partial charge >= 0.3 is 0 Å². The van der Waals surface area contributed by atoms with Gasteiger partial charge in [0, 0.05) is 11.4 Å². The van der Waals surface area contributed by atoms with Crippen LogP contribution in [0.4, 0.5) is 0 Å². The number of carbonyl (C=O) groups is 1. The van der Waals surface area contributed by atoms with Gasteiger partial charge in [-0.05, 0) is 30.4 Å². The summed E-state index contributed by atoms with van der Waals surface area (Å²) < 4.78 is 3.24. The number of carbonyl (C=O) groups excluding carboxylic acids is 1. The van der Waals surface area contributed by atoms with E-state index in [1.807, 2.05) is 55.5 Å². The standard InChI is InChI=1S/C24H25N5O2S/c1-3-32-21-7-5-4-6-19(21)23(30)25-12-13-29-22-20(14-27-29)24(31)28(16-26-22)15-18-10-8-17(2)9-11-18/h4-11,14,16H,3,12-13,15H2,1-2H3,(H,25,30). The largest absolute Gasteiger partial charge is 0.350 e. The highest BCUT2D eigenvalue weighted by molar-refractivity contribution is 7.99. The molecular formula is C24H25N5O2S. The Bertz CT molecular complexity index is 1290. The number of hydrogen-bond donors (Lipinski definition) is 1. The van der Waals surface area contributed by atoms with Gasteiger partial charge in [0.25, 0.3) is 11.5 Å². The Kier molecular flexibility index (Phi) is 6.70. The Morgan fingerprint density at radius 1 is 1.12 bits per heavy atom. The van der Waals surface area contributed by atoms with E-state index in [0.717, 1.165) is 16.2 Å². The fourth-order valence-electron chi connectivity index (χ4n) is 3.47. The van der Waals surface area contributed by atoms with Crippen LogP contribution in [0.3, 0.4) is 0 Å². The number of rotatable bonds is 8. The molecule has 0 aliphatic rings. The Balaban J connectivity index is 1.44. The summed E-state index contributed by atoms with van der Waals surface area (Å²) in [6, 6.07) is 15.6. The van der Waals surface area contributed by atoms with E-state index in [0.29, 0.717) is 36.2 Å². The average Bonchev–Trinajstić information content (AvgIpc) is 3.21. The fraction of sp³-hybridized carbons (Fsp3) is 0.250. The van der Waals surface area contributed by atoms with Crippen molar-refractivity contribution < 1.29 is 4.79 Å². The van der Waals surface area contributed by atoms with E-state index < -0.39 is 0 Å². The van der Waals surface area contributed by atoms with E-state index in [9.17, 15) is 9.59 Å². The second-order valence-electron chi connectivity index (χ2n) is 7.45. The van der Waals surface area contributed by atoms with Crippen LogP contribution in [0.1, 0.15) is 28.4 Å². The number of nitrogens with zero attached hydrogens (tertiary/aromatic N) is 4. The summed E-state index contributed by atoms with van der Waals surface area (Å²) in [5.41, 5.74) is 3.27. The molecule has 0 saturated carbocycles. The summed E-state index contributed by atoms with van der Waals surface area (Å²) in [6.45, 7) is 5.35. The van der Waals surface area contributed by atoms with Crippen LogP contribution in [0.2, 0.25) is 0 Å². The molecule has 1 N–H and O–H groups in total. The third-order valence-electron chi connectivity index (χ3n) is 5.14. The Morgan fingerprint density at radius 2 is 1.91 bits per heavy atom. The van der Waals surface area contributed by atoms with Crippen molar-refractivity contribution in [1.82, 2.24) is 24.6 Å². The molecule has 1 amide bonds. The highest BCUT2D eigenvalue weighted by Gasteiger charge is 2.13. The third-order valence-corrected chi connectivity index (χ3v) is 6.09. The molecule has 0 atom stereocenters. The Hall–Kier alpha value is -3.39. The van der Waals surface area contributed by atoms with Gasteiger partial charge in [0.1, 0.15) is 11.7 Å². The quantitative estimate of drug-likeness (QED) is 0.418. The molecular weight excluding hydrogens is 422 g/mol. The van der Waals surface area contributed by atoms with Crippen LogP contribution in [-0.4, -0.2) is 37.5 Å². The smallest absolute Gasteiger partial charge is 0.264 e. The van der Waals surface area contributed by atoms with Gasteiger partial charge in [-0.1, -0.05) is 48.9 Å². The van der Waals surface area contributed by atoms with Crippen molar-refractivity contribution in [3.63, 3.8) is 0 Å². The van der Waals surface area contributed by atoms with Crippen molar-refractivity contribution in [3.05, 3.63) is 88.1 Å². The van der Waals surface area contributed by atoms with Crippen LogP contribution in [0.15, 0.2) is 70.7 Å². The Morgan fingerprint density at radius 3 is 2.69 bits per heavy atom. The molecule has 164 valence electrons. The highest BCUT2D eigenvalue weighted by Crippen LogP contribution is 2.22. The maximum absolute atomic E-state index is 12.9. The van der Waals surface area contributed by atoms with Gasteiger partial charge < -0.3 is 5.32 Å². The van der Waals surface area contributed by atoms with Crippen LogP contribution < -0.4 is 10.9 Å². The van der Waals surface area contributed by atoms with Crippen molar-refractivity contribution in [2.75, 3.05) is 12.3 Å². The zero-order chi connectivity index (χ0) is 22.5. The molecule has 2 aromatic carbocycles. The molecule has 0 unspecified atom stereocenters. The lowest BCUT2D eigenvalue weighted by Crippen LogP contribution is -2.28. The molecule has 0 spiro atoms. The lowest BCUT2D eigenvalue weighted by molar-refractivity contribution is 0.0949. The number of benzene rings is 2. The van der Waals surface area contributed by atoms with Gasteiger partial charge in [0.05, 0.1) is 24.8 Å². The third kappa shape index (κ3) is 4.75. The van der Waals surface area contributed by atoms with Crippen LogP contribution in [-0.2, 0) is 13.1 Å². The summed E-state index contributed by atoms with van der Waals surface area (Å²) in [5.74, 6) is 0.780. The van der Waals surface area contributed by atoms with Gasteiger partial charge in [-0.15, -0.1) is 11.8 Å². The minimum absolute atomic E-state index is 0.119. The minimum Gasteiger partial charge on any atom is -0.350 e. The SMILES string of the molecule is CCSc1ccccc1C(=O)NCCn1ncc2c(=O)n(Cc3ccc(C)cc3)cnc21. The normalized spacial score (nSPS) is 11.1. The number of thioether (sulfide) groups is 1. The molecule has 4 aromatic rings. The maximum atomic E-state index is 12.9. The molecule has 0 saturated heterocycles. The second-order valence-corrected chi connectivity index (χ2v) is 8.76. The van der Waals surface area contributed by atoms with E-state index in [2.05, 4.69) is 22.3 Å². The number of amides is 1. The first-order valence-electron chi connectivity index (χ1n) is 10.5. The van der Waals surface area contributed by atoms with Crippen LogP contribution >= 0.6 is 11.8 Å². The minimum atomic E-state index is -0.128. The lowest BCUT2D eigenvalue weighted by Gasteiger charge is -2.10. The van der Waals surface area contributed by atoms with Crippen LogP contribution in [0, 0.1) is 6.92 Å². The number of aryl methyl sites for hydroxylation is 1. The van der Waals surface area contributed by atoms with Gasteiger partial charge in [-0.3, -0.25) is 14.2 Å². The van der Waals surface area contributed by atoms with Crippen molar-refractivity contribution in [1.29, 1.82) is 0 Å². The fourth-order valence-corrected chi connectivity index (χ4v) is 4.27. The predicted molar refractivity (Wildman–Crippen MR) is 127 cm³/mol. The summed E-state index contributed by atoms with van der Waals surface area (Å²) >= 11 is 1.64. The van der Waals surface area contributed by atoms with Gasteiger partial charge in [0.2, 0.25) is 0 Å². The van der Waals surface area contributed by atoms with Gasteiger partial charge in [-0.25, -0.2) is 9.67 Å². The first-order valence-corrected chi connectivity index (χ1v) is 11.5. The number of hydrogen-bond acceptors (Lipinski definition) is 5. The van der Waals surface area contributed by atoms with E-state index in [4.69, 9.17) is 0 Å². The molecule has 2 heterocycles. The van der Waals surface area contributed by atoms with Crippen molar-refractivity contribution in [3.8, 4) is 0 Å². The van der Waals surface area contributed by atoms with E-state index in [1.165, 1.54) is 5.56 Å². The second kappa shape index (κ2) is 9.82. The van der Waals surface area contributed by atoms with Gasteiger partial charge in [-0.2, -0.15) is 5.10 Å². The predicted octanol–water partition coefficient (Wildman–Crippen LogP) is 3.49. The monoisotopic (exact) mass is 447 g/mol. The first kappa shape index (κ1) is 21.8. The van der Waals surface area contributed by atoms with Crippen molar-refractivity contribution in [2.45, 2.75) is 31.8 Å². The van der Waals surface area contributed by atoms with E-state index in [-0.39, 0.29) is 11.5 Å². The molecule has 32 heavy (non-hydrogen) atoms. The Labute approximate surface area is 190 Å². The summed E-state index contributed by atoms with van der Waals surface area (Å²) in [7, 11) is 0. The number of nitrogens with one attached hydrogen (secondary N) is 1. The molecule has 0 aliphatic carbocycles. The zero-order valence-corrected chi connectivity index (χ0v) is 18.9. The molecule has 0 aliphatic heterocycles. The van der Waals surface area contributed by atoms with Crippen molar-refractivity contribution in [2.24, 2.45) is 0 Å². The van der Waals surface area contributed by atoms with Crippen molar-refractivity contribution >= 4 is 28.7 Å². The molecule has 8 heteroatoms. The van der Waals surface area contributed by atoms with Crippen LogP contribution in [0.25, 0.3) is 11.0 Å². The first-order chi connectivity index (χ1) is 15.6.